The molecule has 4 nitrogen and oxygen atoms in total. The van der Waals surface area contributed by atoms with Gasteiger partial charge in [-0.3, -0.25) is 0 Å². The molecule has 5 heteroatoms. The molecule has 2 amide bonds. The lowest BCUT2D eigenvalue weighted by atomic mass is 9.99. The fraction of sp³-hybridized carbons (Fsp3) is 0.500. The molecule has 0 radical (unpaired) electrons. The van der Waals surface area contributed by atoms with Crippen molar-refractivity contribution >= 4 is 23.3 Å². The van der Waals surface area contributed by atoms with Gasteiger partial charge in [0.1, 0.15) is 0 Å². The number of nitrogens with one attached hydrogen (secondary N) is 2. The van der Waals surface area contributed by atoms with Crippen LogP contribution >= 0.6 is 11.6 Å². The molecule has 1 fully saturated rings. The van der Waals surface area contributed by atoms with Gasteiger partial charge in [0.05, 0.1) is 22.9 Å². The fourth-order valence-corrected chi connectivity index (χ4v) is 2.67. The molecule has 1 saturated carbocycles. The molecule has 19 heavy (non-hydrogen) atoms. The fourth-order valence-electron chi connectivity index (χ4n) is 2.50. The number of amides is 2. The maximum Gasteiger partial charge on any atom is 0.319 e. The van der Waals surface area contributed by atoms with Gasteiger partial charge in [-0.1, -0.05) is 30.5 Å². The number of halogens is 1. The van der Waals surface area contributed by atoms with Crippen LogP contribution in [0.25, 0.3) is 0 Å². The van der Waals surface area contributed by atoms with Crippen LogP contribution in [0, 0.1) is 6.92 Å². The van der Waals surface area contributed by atoms with Crippen molar-refractivity contribution in [2.24, 2.45) is 0 Å². The molecule has 0 unspecified atom stereocenters. The number of aliphatic hydroxyl groups is 1. The number of benzene rings is 1. The highest BCUT2D eigenvalue weighted by Crippen LogP contribution is 2.29. The largest absolute Gasteiger partial charge is 0.394 e. The number of anilines is 1. The average molecular weight is 283 g/mol. The van der Waals surface area contributed by atoms with Crippen molar-refractivity contribution in [3.05, 3.63) is 28.8 Å². The predicted molar refractivity (Wildman–Crippen MR) is 76.6 cm³/mol. The molecule has 1 aliphatic carbocycles. The summed E-state index contributed by atoms with van der Waals surface area (Å²) in [6.45, 7) is 1.91. The minimum absolute atomic E-state index is 0.0258. The second-order valence-electron chi connectivity index (χ2n) is 5.21. The van der Waals surface area contributed by atoms with E-state index in [9.17, 15) is 9.90 Å². The number of carbonyl (C=O) groups excluding carboxylic acids is 1. The molecular weight excluding hydrogens is 264 g/mol. The summed E-state index contributed by atoms with van der Waals surface area (Å²) in [5.41, 5.74) is 1.14. The van der Waals surface area contributed by atoms with E-state index in [4.69, 9.17) is 11.6 Å². The number of hydrogen-bond donors (Lipinski definition) is 3. The molecule has 1 aromatic rings. The highest BCUT2D eigenvalue weighted by Gasteiger charge is 2.34. The van der Waals surface area contributed by atoms with Crippen LogP contribution in [0.4, 0.5) is 10.5 Å². The summed E-state index contributed by atoms with van der Waals surface area (Å²) in [4.78, 5) is 12.0. The lowest BCUT2D eigenvalue weighted by Gasteiger charge is -2.28. The maximum atomic E-state index is 12.0. The zero-order valence-electron chi connectivity index (χ0n) is 11.0. The Morgan fingerprint density at radius 1 is 1.42 bits per heavy atom. The normalized spacial score (nSPS) is 17.2. The van der Waals surface area contributed by atoms with E-state index in [1.807, 2.05) is 19.1 Å². The van der Waals surface area contributed by atoms with Crippen LogP contribution < -0.4 is 10.6 Å². The summed E-state index contributed by atoms with van der Waals surface area (Å²) in [6.07, 6.45) is 3.70. The van der Waals surface area contributed by atoms with Gasteiger partial charge in [-0.25, -0.2) is 4.79 Å². The Hall–Kier alpha value is -1.26. The number of rotatable bonds is 3. The Morgan fingerprint density at radius 2 is 2.11 bits per heavy atom. The molecule has 3 N–H and O–H groups in total. The third kappa shape index (κ3) is 3.39. The van der Waals surface area contributed by atoms with E-state index in [1.165, 1.54) is 0 Å². The Kier molecular flexibility index (Phi) is 4.32. The summed E-state index contributed by atoms with van der Waals surface area (Å²) in [7, 11) is 0. The van der Waals surface area contributed by atoms with Crippen LogP contribution in [-0.2, 0) is 0 Å². The molecule has 0 aromatic heterocycles. The van der Waals surface area contributed by atoms with Crippen molar-refractivity contribution in [1.29, 1.82) is 0 Å². The molecule has 0 bridgehead atoms. The highest BCUT2D eigenvalue weighted by molar-refractivity contribution is 6.33. The van der Waals surface area contributed by atoms with E-state index in [-0.39, 0.29) is 12.6 Å². The van der Waals surface area contributed by atoms with E-state index in [1.54, 1.807) is 6.07 Å². The topological polar surface area (TPSA) is 61.4 Å². The zero-order chi connectivity index (χ0) is 13.9. The van der Waals surface area contributed by atoms with Crippen LogP contribution in [-0.4, -0.2) is 23.3 Å². The van der Waals surface area contributed by atoms with E-state index in [2.05, 4.69) is 10.6 Å². The van der Waals surface area contributed by atoms with Gasteiger partial charge in [0.15, 0.2) is 0 Å². The molecule has 0 heterocycles. The van der Waals surface area contributed by atoms with Gasteiger partial charge >= 0.3 is 6.03 Å². The van der Waals surface area contributed by atoms with Gasteiger partial charge in [-0.2, -0.15) is 0 Å². The van der Waals surface area contributed by atoms with Gasteiger partial charge in [0.25, 0.3) is 0 Å². The first-order valence-corrected chi connectivity index (χ1v) is 6.89. The van der Waals surface area contributed by atoms with Crippen LogP contribution in [0.3, 0.4) is 0 Å². The van der Waals surface area contributed by atoms with Crippen molar-refractivity contribution in [3.63, 3.8) is 0 Å². The predicted octanol–water partition coefficient (Wildman–Crippen LogP) is 3.08. The minimum atomic E-state index is -0.472. The Labute approximate surface area is 118 Å². The molecule has 1 aromatic carbocycles. The maximum absolute atomic E-state index is 12.0. The molecule has 0 saturated heterocycles. The van der Waals surface area contributed by atoms with Crippen molar-refractivity contribution in [2.75, 3.05) is 11.9 Å². The second kappa shape index (κ2) is 5.80. The van der Waals surface area contributed by atoms with E-state index in [0.29, 0.717) is 10.7 Å². The summed E-state index contributed by atoms with van der Waals surface area (Å²) in [6, 6.07) is 5.15. The van der Waals surface area contributed by atoms with Crippen LogP contribution in [0.2, 0.25) is 5.02 Å². The smallest absolute Gasteiger partial charge is 0.319 e. The van der Waals surface area contributed by atoms with Gasteiger partial charge in [-0.15, -0.1) is 0 Å². The van der Waals surface area contributed by atoms with Crippen LogP contribution in [0.1, 0.15) is 31.2 Å². The van der Waals surface area contributed by atoms with Crippen molar-refractivity contribution in [3.8, 4) is 0 Å². The molecule has 0 atom stereocenters. The monoisotopic (exact) mass is 282 g/mol. The van der Waals surface area contributed by atoms with E-state index < -0.39 is 5.54 Å². The molecule has 0 aliphatic heterocycles. The molecule has 2 rings (SSSR count). The number of carbonyl (C=O) groups is 1. The number of aryl methyl sites for hydroxylation is 1. The van der Waals surface area contributed by atoms with Crippen molar-refractivity contribution < 1.29 is 9.90 Å². The third-order valence-corrected chi connectivity index (χ3v) is 3.94. The third-order valence-electron chi connectivity index (χ3n) is 3.61. The minimum Gasteiger partial charge on any atom is -0.394 e. The molecule has 104 valence electrons. The Balaban J connectivity index is 2.03. The lowest BCUT2D eigenvalue weighted by molar-refractivity contribution is 0.167. The van der Waals surface area contributed by atoms with Gasteiger partial charge in [0.2, 0.25) is 0 Å². The lowest BCUT2D eigenvalue weighted by Crippen LogP contribution is -2.50. The van der Waals surface area contributed by atoms with Crippen molar-refractivity contribution in [2.45, 2.75) is 38.1 Å². The van der Waals surface area contributed by atoms with Crippen molar-refractivity contribution in [1.82, 2.24) is 5.32 Å². The number of aliphatic hydroxyl groups excluding tert-OH is 1. The van der Waals surface area contributed by atoms with Gasteiger partial charge < -0.3 is 15.7 Å². The second-order valence-corrected chi connectivity index (χ2v) is 5.62. The first kappa shape index (κ1) is 14.2. The summed E-state index contributed by atoms with van der Waals surface area (Å²) >= 11 is 6.03. The zero-order valence-corrected chi connectivity index (χ0v) is 11.8. The van der Waals surface area contributed by atoms with Crippen LogP contribution in [0.15, 0.2) is 18.2 Å². The van der Waals surface area contributed by atoms with Gasteiger partial charge in [0, 0.05) is 0 Å². The molecule has 1 aliphatic rings. The first-order valence-electron chi connectivity index (χ1n) is 6.51. The quantitative estimate of drug-likeness (QED) is 0.798. The highest BCUT2D eigenvalue weighted by atomic mass is 35.5. The summed E-state index contributed by atoms with van der Waals surface area (Å²) in [5, 5.41) is 15.6. The average Bonchev–Trinajstić information content (AvgIpc) is 2.83. The molecular formula is C14H19ClN2O2. The van der Waals surface area contributed by atoms with Crippen LogP contribution in [0.5, 0.6) is 0 Å². The van der Waals surface area contributed by atoms with E-state index in [0.717, 1.165) is 31.2 Å². The Morgan fingerprint density at radius 3 is 2.74 bits per heavy atom. The first-order chi connectivity index (χ1) is 9.04. The standard InChI is InChI=1S/C14H19ClN2O2/c1-10-4-5-11(15)12(8-10)16-13(19)17-14(9-18)6-2-3-7-14/h4-5,8,18H,2-3,6-7,9H2,1H3,(H2,16,17,19). The van der Waals surface area contributed by atoms with E-state index >= 15 is 0 Å². The Bertz CT molecular complexity index is 471. The summed E-state index contributed by atoms with van der Waals surface area (Å²) in [5.74, 6) is 0. The van der Waals surface area contributed by atoms with Gasteiger partial charge in [-0.05, 0) is 37.5 Å². The molecule has 0 spiro atoms. The SMILES string of the molecule is Cc1ccc(Cl)c(NC(=O)NC2(CO)CCCC2)c1. The number of hydrogen-bond acceptors (Lipinski definition) is 2. The summed E-state index contributed by atoms with van der Waals surface area (Å²) < 4.78 is 0. The number of urea groups is 1.